The van der Waals surface area contributed by atoms with Crippen LogP contribution in [-0.2, 0) is 0 Å². The number of ketones is 1. The van der Waals surface area contributed by atoms with Crippen LogP contribution in [-0.4, -0.2) is 25.5 Å². The highest BCUT2D eigenvalue weighted by molar-refractivity contribution is 5.98. The quantitative estimate of drug-likeness (QED) is 0.706. The fourth-order valence-electron chi connectivity index (χ4n) is 2.14. The molecule has 1 aromatic rings. The van der Waals surface area contributed by atoms with Crippen molar-refractivity contribution in [1.29, 1.82) is 0 Å². The summed E-state index contributed by atoms with van der Waals surface area (Å²) in [6, 6.07) is 5.34. The third kappa shape index (κ3) is 4.23. The number of benzene rings is 1. The van der Waals surface area contributed by atoms with E-state index in [0.717, 1.165) is 12.8 Å². The minimum atomic E-state index is -0.118. The molecule has 1 unspecified atom stereocenters. The van der Waals surface area contributed by atoms with Gasteiger partial charge in [0.05, 0.1) is 13.2 Å². The number of ether oxygens (including phenoxy) is 2. The van der Waals surface area contributed by atoms with Crippen molar-refractivity contribution in [2.45, 2.75) is 33.6 Å². The number of rotatable bonds is 9. The van der Waals surface area contributed by atoms with E-state index in [0.29, 0.717) is 36.8 Å². The first-order valence-electron chi connectivity index (χ1n) is 7.31. The maximum absolute atomic E-state index is 12.4. The Hall–Kier alpha value is -1.55. The summed E-state index contributed by atoms with van der Waals surface area (Å²) in [5, 5.41) is 0. The lowest BCUT2D eigenvalue weighted by molar-refractivity contribution is 0.0917. The monoisotopic (exact) mass is 279 g/mol. The third-order valence-electron chi connectivity index (χ3n) is 3.12. The second-order valence-electron chi connectivity index (χ2n) is 4.61. The molecule has 0 heterocycles. The zero-order valence-electron chi connectivity index (χ0n) is 12.6. The summed E-state index contributed by atoms with van der Waals surface area (Å²) >= 11 is 0. The van der Waals surface area contributed by atoms with Crippen LogP contribution < -0.4 is 15.2 Å². The van der Waals surface area contributed by atoms with Crippen molar-refractivity contribution >= 4 is 5.78 Å². The Bertz CT molecular complexity index is 432. The van der Waals surface area contributed by atoms with E-state index in [-0.39, 0.29) is 11.7 Å². The Morgan fingerprint density at radius 2 is 1.80 bits per heavy atom. The summed E-state index contributed by atoms with van der Waals surface area (Å²) in [5.74, 6) is 1.25. The van der Waals surface area contributed by atoms with Gasteiger partial charge in [-0.15, -0.1) is 0 Å². The Labute approximate surface area is 121 Å². The number of hydrogen-bond acceptors (Lipinski definition) is 4. The van der Waals surface area contributed by atoms with E-state index < -0.39 is 0 Å². The van der Waals surface area contributed by atoms with E-state index in [2.05, 4.69) is 6.92 Å². The predicted molar refractivity (Wildman–Crippen MR) is 80.6 cm³/mol. The lowest BCUT2D eigenvalue weighted by Gasteiger charge is -2.15. The van der Waals surface area contributed by atoms with Gasteiger partial charge in [0.25, 0.3) is 0 Å². The highest BCUT2D eigenvalue weighted by Crippen LogP contribution is 2.29. The largest absolute Gasteiger partial charge is 0.490 e. The topological polar surface area (TPSA) is 61.6 Å². The molecule has 2 N–H and O–H groups in total. The van der Waals surface area contributed by atoms with Gasteiger partial charge in [-0.1, -0.05) is 13.3 Å². The van der Waals surface area contributed by atoms with Crippen LogP contribution in [0.5, 0.6) is 11.5 Å². The van der Waals surface area contributed by atoms with Crippen LogP contribution in [0.4, 0.5) is 0 Å². The van der Waals surface area contributed by atoms with E-state index in [4.69, 9.17) is 15.2 Å². The molecule has 4 nitrogen and oxygen atoms in total. The van der Waals surface area contributed by atoms with Crippen molar-refractivity contribution in [3.63, 3.8) is 0 Å². The molecular weight excluding hydrogens is 254 g/mol. The molecule has 4 heteroatoms. The zero-order valence-corrected chi connectivity index (χ0v) is 12.6. The zero-order chi connectivity index (χ0) is 15.0. The van der Waals surface area contributed by atoms with Gasteiger partial charge in [-0.25, -0.2) is 0 Å². The molecule has 0 saturated carbocycles. The second kappa shape index (κ2) is 8.59. The maximum Gasteiger partial charge on any atom is 0.167 e. The first kappa shape index (κ1) is 16.5. The molecule has 0 amide bonds. The molecule has 0 aliphatic heterocycles. The number of Topliss-reactive ketones (excluding diaryl/α,β-unsaturated/α-hetero) is 1. The van der Waals surface area contributed by atoms with Crippen molar-refractivity contribution in [3.8, 4) is 11.5 Å². The van der Waals surface area contributed by atoms with Crippen molar-refractivity contribution in [2.24, 2.45) is 11.7 Å². The molecule has 0 fully saturated rings. The molecule has 112 valence electrons. The van der Waals surface area contributed by atoms with Gasteiger partial charge in [-0.3, -0.25) is 4.79 Å². The van der Waals surface area contributed by atoms with Crippen LogP contribution in [0.3, 0.4) is 0 Å². The molecule has 0 bridgehead atoms. The van der Waals surface area contributed by atoms with Crippen molar-refractivity contribution in [3.05, 3.63) is 23.8 Å². The van der Waals surface area contributed by atoms with Gasteiger partial charge < -0.3 is 15.2 Å². The van der Waals surface area contributed by atoms with Crippen LogP contribution in [0.2, 0.25) is 0 Å². The van der Waals surface area contributed by atoms with Gasteiger partial charge in [-0.2, -0.15) is 0 Å². The molecule has 0 saturated heterocycles. The van der Waals surface area contributed by atoms with Crippen molar-refractivity contribution < 1.29 is 14.3 Å². The number of nitrogens with two attached hydrogens (primary N) is 1. The summed E-state index contributed by atoms with van der Waals surface area (Å²) in [6.45, 7) is 7.36. The number of carbonyl (C=O) groups is 1. The normalized spacial score (nSPS) is 12.0. The average molecular weight is 279 g/mol. The summed E-state index contributed by atoms with van der Waals surface area (Å²) in [5.41, 5.74) is 6.33. The standard InChI is InChI=1S/C16H25NO3/c1-4-7-13(11-17)16(18)12-8-9-14(19-5-2)15(10-12)20-6-3/h8-10,13H,4-7,11,17H2,1-3H3. The molecule has 0 radical (unpaired) electrons. The van der Waals surface area contributed by atoms with Crippen LogP contribution in [0.25, 0.3) is 0 Å². The minimum absolute atomic E-state index is 0.0818. The average Bonchev–Trinajstić information content (AvgIpc) is 2.46. The van der Waals surface area contributed by atoms with Gasteiger partial charge >= 0.3 is 0 Å². The van der Waals surface area contributed by atoms with Gasteiger partial charge in [-0.05, 0) is 38.5 Å². The van der Waals surface area contributed by atoms with E-state index in [1.54, 1.807) is 18.2 Å². The first-order chi connectivity index (χ1) is 9.67. The van der Waals surface area contributed by atoms with Gasteiger partial charge in [0.1, 0.15) is 0 Å². The second-order valence-corrected chi connectivity index (χ2v) is 4.61. The lowest BCUT2D eigenvalue weighted by atomic mass is 9.93. The summed E-state index contributed by atoms with van der Waals surface area (Å²) < 4.78 is 11.0. The molecule has 1 atom stereocenters. The Balaban J connectivity index is 3.00. The smallest absolute Gasteiger partial charge is 0.167 e. The SMILES string of the molecule is CCCC(CN)C(=O)c1ccc(OCC)c(OCC)c1. The van der Waals surface area contributed by atoms with Gasteiger partial charge in [0.15, 0.2) is 17.3 Å². The van der Waals surface area contributed by atoms with Gasteiger partial charge in [0, 0.05) is 18.0 Å². The van der Waals surface area contributed by atoms with Crippen LogP contribution >= 0.6 is 0 Å². The predicted octanol–water partition coefficient (Wildman–Crippen LogP) is 3.04. The highest BCUT2D eigenvalue weighted by Gasteiger charge is 2.19. The number of hydrogen-bond donors (Lipinski definition) is 1. The fraction of sp³-hybridized carbons (Fsp3) is 0.562. The Morgan fingerprint density at radius 1 is 1.15 bits per heavy atom. The van der Waals surface area contributed by atoms with Gasteiger partial charge in [0.2, 0.25) is 0 Å². The van der Waals surface area contributed by atoms with E-state index in [1.165, 1.54) is 0 Å². The Morgan fingerprint density at radius 3 is 2.35 bits per heavy atom. The molecule has 0 spiro atoms. The van der Waals surface area contributed by atoms with Crippen LogP contribution in [0, 0.1) is 5.92 Å². The summed E-state index contributed by atoms with van der Waals surface area (Å²) in [6.07, 6.45) is 1.76. The molecule has 0 aliphatic carbocycles. The fourth-order valence-corrected chi connectivity index (χ4v) is 2.14. The summed E-state index contributed by atoms with van der Waals surface area (Å²) in [4.78, 5) is 12.4. The summed E-state index contributed by atoms with van der Waals surface area (Å²) in [7, 11) is 0. The van der Waals surface area contributed by atoms with Crippen LogP contribution in [0.15, 0.2) is 18.2 Å². The van der Waals surface area contributed by atoms with Crippen LogP contribution in [0.1, 0.15) is 44.0 Å². The number of carbonyl (C=O) groups excluding carboxylic acids is 1. The molecule has 0 aromatic heterocycles. The molecule has 0 aliphatic rings. The minimum Gasteiger partial charge on any atom is -0.490 e. The van der Waals surface area contributed by atoms with E-state index in [9.17, 15) is 4.79 Å². The molecule has 20 heavy (non-hydrogen) atoms. The Kier molecular flexibility index (Phi) is 7.09. The molecule has 1 aromatic carbocycles. The van der Waals surface area contributed by atoms with Crippen molar-refractivity contribution in [2.75, 3.05) is 19.8 Å². The third-order valence-corrected chi connectivity index (χ3v) is 3.12. The van der Waals surface area contributed by atoms with E-state index in [1.807, 2.05) is 13.8 Å². The first-order valence-corrected chi connectivity index (χ1v) is 7.31. The molecular formula is C16H25NO3. The van der Waals surface area contributed by atoms with E-state index >= 15 is 0 Å². The highest BCUT2D eigenvalue weighted by atomic mass is 16.5. The van der Waals surface area contributed by atoms with Crippen molar-refractivity contribution in [1.82, 2.24) is 0 Å². The lowest BCUT2D eigenvalue weighted by Crippen LogP contribution is -2.23. The maximum atomic E-state index is 12.4. The molecule has 1 rings (SSSR count).